The summed E-state index contributed by atoms with van der Waals surface area (Å²) in [5, 5.41) is 7.07. The maximum absolute atomic E-state index is 4.97. The molecule has 20 heavy (non-hydrogen) atoms. The van der Waals surface area contributed by atoms with Crippen LogP contribution < -0.4 is 5.32 Å². The third-order valence-electron chi connectivity index (χ3n) is 3.50. The highest BCUT2D eigenvalue weighted by Gasteiger charge is 2.06. The Morgan fingerprint density at radius 3 is 2.65 bits per heavy atom. The number of benzene rings is 1. The average Bonchev–Trinajstić information content (AvgIpc) is 2.99. The summed E-state index contributed by atoms with van der Waals surface area (Å²) in [5.41, 5.74) is 2.74. The molecule has 108 valence electrons. The standard InChI is InChI=1S/C16H23N3O/c1-3-4-5-14-6-8-15(9-7-14)13(2)17-11-10-16-18-12-19-20-16/h6-9,12-13,17H,3-5,10-11H2,1-2H3. The summed E-state index contributed by atoms with van der Waals surface area (Å²) in [6.45, 7) is 5.24. The lowest BCUT2D eigenvalue weighted by Gasteiger charge is -2.14. The Bertz CT molecular complexity index is 479. The Labute approximate surface area is 120 Å². The molecule has 2 aromatic rings. The van der Waals surface area contributed by atoms with Crippen molar-refractivity contribution in [2.75, 3.05) is 6.54 Å². The Hall–Kier alpha value is -1.68. The van der Waals surface area contributed by atoms with Crippen molar-refractivity contribution in [2.24, 2.45) is 0 Å². The first kappa shape index (κ1) is 14.7. The minimum absolute atomic E-state index is 0.332. The highest BCUT2D eigenvalue weighted by molar-refractivity contribution is 5.24. The van der Waals surface area contributed by atoms with E-state index in [2.05, 4.69) is 53.6 Å². The number of nitrogens with one attached hydrogen (secondary N) is 1. The lowest BCUT2D eigenvalue weighted by Crippen LogP contribution is -2.21. The number of aromatic nitrogens is 2. The van der Waals surface area contributed by atoms with Crippen LogP contribution in [0.15, 0.2) is 35.1 Å². The average molecular weight is 273 g/mol. The summed E-state index contributed by atoms with van der Waals surface area (Å²) >= 11 is 0. The van der Waals surface area contributed by atoms with Crippen LogP contribution >= 0.6 is 0 Å². The van der Waals surface area contributed by atoms with Crippen LogP contribution in [-0.4, -0.2) is 16.7 Å². The third-order valence-corrected chi connectivity index (χ3v) is 3.50. The minimum Gasteiger partial charge on any atom is -0.340 e. The van der Waals surface area contributed by atoms with Gasteiger partial charge >= 0.3 is 0 Å². The van der Waals surface area contributed by atoms with Crippen molar-refractivity contribution in [3.63, 3.8) is 0 Å². The van der Waals surface area contributed by atoms with Gasteiger partial charge in [0.15, 0.2) is 6.33 Å². The van der Waals surface area contributed by atoms with Crippen molar-refractivity contribution >= 4 is 0 Å². The van der Waals surface area contributed by atoms with Gasteiger partial charge in [-0.15, -0.1) is 0 Å². The van der Waals surface area contributed by atoms with Gasteiger partial charge in [-0.1, -0.05) is 42.8 Å². The van der Waals surface area contributed by atoms with E-state index in [1.165, 1.54) is 36.7 Å². The van der Waals surface area contributed by atoms with Crippen molar-refractivity contribution in [1.82, 2.24) is 15.5 Å². The molecule has 2 rings (SSSR count). The molecule has 4 heteroatoms. The van der Waals surface area contributed by atoms with Crippen LogP contribution in [0, 0.1) is 0 Å². The van der Waals surface area contributed by atoms with E-state index in [-0.39, 0.29) is 0 Å². The fourth-order valence-corrected chi connectivity index (χ4v) is 2.17. The van der Waals surface area contributed by atoms with Crippen molar-refractivity contribution in [1.29, 1.82) is 0 Å². The van der Waals surface area contributed by atoms with Gasteiger partial charge in [0.05, 0.1) is 0 Å². The fraction of sp³-hybridized carbons (Fsp3) is 0.500. The maximum atomic E-state index is 4.97. The Morgan fingerprint density at radius 1 is 1.20 bits per heavy atom. The van der Waals surface area contributed by atoms with Gasteiger partial charge in [-0.05, 0) is 30.9 Å². The number of aryl methyl sites for hydroxylation is 1. The second-order valence-electron chi connectivity index (χ2n) is 5.11. The number of unbranched alkanes of at least 4 members (excludes halogenated alkanes) is 1. The molecule has 1 atom stereocenters. The first-order chi connectivity index (χ1) is 9.79. The Morgan fingerprint density at radius 2 is 2.00 bits per heavy atom. The van der Waals surface area contributed by atoms with Gasteiger partial charge in [0, 0.05) is 19.0 Å². The summed E-state index contributed by atoms with van der Waals surface area (Å²) in [6, 6.07) is 9.24. The molecule has 1 N–H and O–H groups in total. The molecule has 0 radical (unpaired) electrons. The van der Waals surface area contributed by atoms with Crippen molar-refractivity contribution in [3.05, 3.63) is 47.6 Å². The van der Waals surface area contributed by atoms with E-state index >= 15 is 0 Å². The van der Waals surface area contributed by atoms with Crippen LogP contribution in [0.25, 0.3) is 0 Å². The summed E-state index contributed by atoms with van der Waals surface area (Å²) in [5.74, 6) is 0.680. The lowest BCUT2D eigenvalue weighted by atomic mass is 10.0. The van der Waals surface area contributed by atoms with Gasteiger partial charge in [-0.2, -0.15) is 4.98 Å². The van der Waals surface area contributed by atoms with Crippen LogP contribution in [0.4, 0.5) is 0 Å². The van der Waals surface area contributed by atoms with Crippen molar-refractivity contribution in [3.8, 4) is 0 Å². The monoisotopic (exact) mass is 273 g/mol. The van der Waals surface area contributed by atoms with Gasteiger partial charge in [0.1, 0.15) is 0 Å². The zero-order valence-electron chi connectivity index (χ0n) is 12.3. The fourth-order valence-electron chi connectivity index (χ4n) is 2.17. The SMILES string of the molecule is CCCCc1ccc(C(C)NCCc2ncno2)cc1. The van der Waals surface area contributed by atoms with E-state index in [0.29, 0.717) is 11.9 Å². The molecule has 0 aliphatic carbocycles. The van der Waals surface area contributed by atoms with E-state index in [9.17, 15) is 0 Å². The van der Waals surface area contributed by atoms with E-state index < -0.39 is 0 Å². The van der Waals surface area contributed by atoms with Crippen LogP contribution in [0.1, 0.15) is 49.7 Å². The maximum Gasteiger partial charge on any atom is 0.227 e. The first-order valence-electron chi connectivity index (χ1n) is 7.37. The molecular formula is C16H23N3O. The smallest absolute Gasteiger partial charge is 0.227 e. The summed E-state index contributed by atoms with van der Waals surface area (Å²) in [7, 11) is 0. The molecule has 0 fully saturated rings. The predicted octanol–water partition coefficient (Wildman–Crippen LogP) is 3.31. The molecule has 0 amide bonds. The van der Waals surface area contributed by atoms with Crippen LogP contribution in [0.3, 0.4) is 0 Å². The van der Waals surface area contributed by atoms with Crippen LogP contribution in [-0.2, 0) is 12.8 Å². The van der Waals surface area contributed by atoms with Crippen molar-refractivity contribution < 1.29 is 4.52 Å². The molecule has 1 heterocycles. The third kappa shape index (κ3) is 4.46. The highest BCUT2D eigenvalue weighted by Crippen LogP contribution is 2.14. The van der Waals surface area contributed by atoms with Crippen LogP contribution in [0.5, 0.6) is 0 Å². The van der Waals surface area contributed by atoms with E-state index in [1.807, 2.05) is 0 Å². The minimum atomic E-state index is 0.332. The number of hydrogen-bond donors (Lipinski definition) is 1. The zero-order chi connectivity index (χ0) is 14.2. The molecule has 1 aromatic carbocycles. The number of rotatable bonds is 8. The van der Waals surface area contributed by atoms with Crippen molar-refractivity contribution in [2.45, 2.75) is 45.6 Å². The Balaban J connectivity index is 1.78. The topological polar surface area (TPSA) is 51.0 Å². The van der Waals surface area contributed by atoms with Gasteiger partial charge < -0.3 is 9.84 Å². The zero-order valence-corrected chi connectivity index (χ0v) is 12.3. The molecule has 4 nitrogen and oxygen atoms in total. The van der Waals surface area contributed by atoms with E-state index in [0.717, 1.165) is 13.0 Å². The molecule has 0 aliphatic rings. The molecule has 0 aliphatic heterocycles. The largest absolute Gasteiger partial charge is 0.340 e. The molecule has 1 aromatic heterocycles. The second kappa shape index (κ2) is 7.80. The van der Waals surface area contributed by atoms with Gasteiger partial charge in [0.25, 0.3) is 0 Å². The van der Waals surface area contributed by atoms with E-state index in [1.54, 1.807) is 0 Å². The summed E-state index contributed by atoms with van der Waals surface area (Å²) < 4.78 is 4.97. The molecule has 0 saturated heterocycles. The Kier molecular flexibility index (Phi) is 5.74. The normalized spacial score (nSPS) is 12.5. The molecule has 0 spiro atoms. The van der Waals surface area contributed by atoms with Gasteiger partial charge in [-0.3, -0.25) is 0 Å². The first-order valence-corrected chi connectivity index (χ1v) is 7.37. The molecule has 1 unspecified atom stereocenters. The number of nitrogens with zero attached hydrogens (tertiary/aromatic N) is 2. The molecule has 0 saturated carbocycles. The van der Waals surface area contributed by atoms with Gasteiger partial charge in [-0.25, -0.2) is 0 Å². The van der Waals surface area contributed by atoms with Gasteiger partial charge in [0.2, 0.25) is 5.89 Å². The lowest BCUT2D eigenvalue weighted by molar-refractivity contribution is 0.372. The number of hydrogen-bond acceptors (Lipinski definition) is 4. The summed E-state index contributed by atoms with van der Waals surface area (Å²) in [6.07, 6.45) is 5.88. The molecular weight excluding hydrogens is 250 g/mol. The second-order valence-corrected chi connectivity index (χ2v) is 5.11. The predicted molar refractivity (Wildman–Crippen MR) is 79.5 cm³/mol. The van der Waals surface area contributed by atoms with Crippen LogP contribution in [0.2, 0.25) is 0 Å². The summed E-state index contributed by atoms with van der Waals surface area (Å²) in [4.78, 5) is 4.01. The van der Waals surface area contributed by atoms with E-state index in [4.69, 9.17) is 4.52 Å². The molecule has 0 bridgehead atoms. The quantitative estimate of drug-likeness (QED) is 0.801. The highest BCUT2D eigenvalue weighted by atomic mass is 16.5.